The molecule has 0 bridgehead atoms. The highest BCUT2D eigenvalue weighted by molar-refractivity contribution is 5.71. The Bertz CT molecular complexity index is 532. The number of hydrogen-bond donors (Lipinski definition) is 0. The third-order valence-corrected chi connectivity index (χ3v) is 3.17. The van der Waals surface area contributed by atoms with Crippen LogP contribution in [0.25, 0.3) is 0 Å². The van der Waals surface area contributed by atoms with Crippen molar-refractivity contribution in [1.29, 1.82) is 0 Å². The van der Waals surface area contributed by atoms with Gasteiger partial charge in [0.1, 0.15) is 12.4 Å². The molecule has 1 aromatic carbocycles. The fourth-order valence-corrected chi connectivity index (χ4v) is 1.97. The third-order valence-electron chi connectivity index (χ3n) is 3.17. The van der Waals surface area contributed by atoms with E-state index in [9.17, 15) is 4.79 Å². The van der Waals surface area contributed by atoms with E-state index in [1.165, 1.54) is 7.11 Å². The van der Waals surface area contributed by atoms with Crippen LogP contribution in [-0.4, -0.2) is 19.7 Å². The van der Waals surface area contributed by atoms with Crippen molar-refractivity contribution in [3.8, 4) is 17.6 Å². The molecule has 0 amide bonds. The first kappa shape index (κ1) is 17.8. The molecule has 1 atom stereocenters. The number of allylic oxidation sites excluding steroid dienone is 1. The molecule has 0 spiro atoms. The normalized spacial score (nSPS) is 11.6. The number of hydrogen-bond acceptors (Lipinski definition) is 3. The number of ether oxygens (including phenoxy) is 2. The largest absolute Gasteiger partial charge is 0.490 e. The van der Waals surface area contributed by atoms with Crippen molar-refractivity contribution in [2.24, 2.45) is 0 Å². The van der Waals surface area contributed by atoms with Gasteiger partial charge in [0.25, 0.3) is 0 Å². The van der Waals surface area contributed by atoms with Crippen LogP contribution < -0.4 is 4.74 Å². The maximum atomic E-state index is 11.4. The standard InChI is InChI=1S/C19H24O3/c1-4-6-7-8-14-22-18-12-10-16(11-13-18)17(9-5-2)15-19(20)21-3/h7-8,10-13,17H,4,6,14-15H2,1-3H3/b8-7+/t17-/m0/s1. The van der Waals surface area contributed by atoms with E-state index >= 15 is 0 Å². The summed E-state index contributed by atoms with van der Waals surface area (Å²) in [5, 5.41) is 0. The van der Waals surface area contributed by atoms with Gasteiger partial charge in [0, 0.05) is 0 Å². The average Bonchev–Trinajstić information content (AvgIpc) is 2.54. The zero-order chi connectivity index (χ0) is 16.2. The summed E-state index contributed by atoms with van der Waals surface area (Å²) in [6.07, 6.45) is 6.63. The first-order valence-corrected chi connectivity index (χ1v) is 7.58. The van der Waals surface area contributed by atoms with Gasteiger partial charge in [-0.3, -0.25) is 4.79 Å². The van der Waals surface area contributed by atoms with E-state index in [0.29, 0.717) is 6.61 Å². The van der Waals surface area contributed by atoms with Crippen LogP contribution in [0.15, 0.2) is 36.4 Å². The molecule has 0 heterocycles. The Morgan fingerprint density at radius 2 is 2.00 bits per heavy atom. The van der Waals surface area contributed by atoms with Gasteiger partial charge >= 0.3 is 5.97 Å². The molecule has 0 aromatic heterocycles. The lowest BCUT2D eigenvalue weighted by Gasteiger charge is -2.11. The molecule has 0 aliphatic carbocycles. The summed E-state index contributed by atoms with van der Waals surface area (Å²) in [4.78, 5) is 11.4. The summed E-state index contributed by atoms with van der Waals surface area (Å²) in [6, 6.07) is 7.71. The number of esters is 1. The molecule has 3 nitrogen and oxygen atoms in total. The summed E-state index contributed by atoms with van der Waals surface area (Å²) < 4.78 is 10.4. The molecule has 0 fully saturated rings. The number of benzene rings is 1. The van der Waals surface area contributed by atoms with E-state index in [1.54, 1.807) is 6.92 Å². The topological polar surface area (TPSA) is 35.5 Å². The Morgan fingerprint density at radius 1 is 1.27 bits per heavy atom. The molecule has 3 heteroatoms. The molecule has 0 aliphatic heterocycles. The number of carbonyl (C=O) groups excluding carboxylic acids is 1. The van der Waals surface area contributed by atoms with Gasteiger partial charge in [0.2, 0.25) is 0 Å². The highest BCUT2D eigenvalue weighted by Crippen LogP contribution is 2.22. The zero-order valence-corrected chi connectivity index (χ0v) is 13.6. The molecule has 1 rings (SSSR count). The molecule has 1 aromatic rings. The maximum absolute atomic E-state index is 11.4. The SMILES string of the molecule is CC#C[C@@H](CC(=O)OC)c1ccc(OC/C=C/CCC)cc1. The quantitative estimate of drug-likeness (QED) is 0.412. The van der Waals surface area contributed by atoms with Gasteiger partial charge in [-0.2, -0.15) is 0 Å². The van der Waals surface area contributed by atoms with Gasteiger partial charge in [0.05, 0.1) is 19.4 Å². The highest BCUT2D eigenvalue weighted by Gasteiger charge is 2.14. The van der Waals surface area contributed by atoms with Crippen molar-refractivity contribution in [3.05, 3.63) is 42.0 Å². The minimum atomic E-state index is -0.255. The van der Waals surface area contributed by atoms with Crippen LogP contribution in [0.4, 0.5) is 0 Å². The Balaban J connectivity index is 2.64. The fourth-order valence-electron chi connectivity index (χ4n) is 1.97. The van der Waals surface area contributed by atoms with Crippen molar-refractivity contribution >= 4 is 5.97 Å². The Labute approximate surface area is 133 Å². The van der Waals surface area contributed by atoms with Gasteiger partial charge in [-0.15, -0.1) is 5.92 Å². The lowest BCUT2D eigenvalue weighted by Crippen LogP contribution is -2.07. The van der Waals surface area contributed by atoms with Crippen LogP contribution in [0.5, 0.6) is 5.75 Å². The van der Waals surface area contributed by atoms with Crippen LogP contribution in [0.1, 0.15) is 44.6 Å². The second-order valence-electron chi connectivity index (χ2n) is 4.87. The monoisotopic (exact) mass is 300 g/mol. The summed E-state index contributed by atoms with van der Waals surface area (Å²) in [5.74, 6) is 6.33. The smallest absolute Gasteiger partial charge is 0.307 e. The molecule has 0 saturated heterocycles. The summed E-state index contributed by atoms with van der Waals surface area (Å²) >= 11 is 0. The van der Waals surface area contributed by atoms with Crippen LogP contribution in [-0.2, 0) is 9.53 Å². The number of methoxy groups -OCH3 is 1. The van der Waals surface area contributed by atoms with Crippen LogP contribution >= 0.6 is 0 Å². The second kappa shape index (κ2) is 10.5. The minimum absolute atomic E-state index is 0.143. The highest BCUT2D eigenvalue weighted by atomic mass is 16.5. The van der Waals surface area contributed by atoms with E-state index in [1.807, 2.05) is 30.3 Å². The van der Waals surface area contributed by atoms with E-state index in [0.717, 1.165) is 24.2 Å². The van der Waals surface area contributed by atoms with E-state index in [-0.39, 0.29) is 18.3 Å². The Morgan fingerprint density at radius 3 is 2.59 bits per heavy atom. The van der Waals surface area contributed by atoms with E-state index in [2.05, 4.69) is 24.8 Å². The van der Waals surface area contributed by atoms with Crippen molar-refractivity contribution in [2.75, 3.05) is 13.7 Å². The molecule has 0 N–H and O–H groups in total. The van der Waals surface area contributed by atoms with Gasteiger partial charge < -0.3 is 9.47 Å². The predicted molar refractivity (Wildman–Crippen MR) is 88.8 cm³/mol. The lowest BCUT2D eigenvalue weighted by molar-refractivity contribution is -0.140. The van der Waals surface area contributed by atoms with Gasteiger partial charge in [0.15, 0.2) is 0 Å². The van der Waals surface area contributed by atoms with Gasteiger partial charge in [-0.05, 0) is 31.0 Å². The summed E-state index contributed by atoms with van der Waals surface area (Å²) in [7, 11) is 1.39. The molecule has 118 valence electrons. The summed E-state index contributed by atoms with van der Waals surface area (Å²) in [6.45, 7) is 4.48. The van der Waals surface area contributed by atoms with Crippen molar-refractivity contribution in [1.82, 2.24) is 0 Å². The van der Waals surface area contributed by atoms with Crippen molar-refractivity contribution < 1.29 is 14.3 Å². The predicted octanol–water partition coefficient (Wildman–Crippen LogP) is 4.09. The third kappa shape index (κ3) is 6.49. The molecular weight excluding hydrogens is 276 g/mol. The summed E-state index contributed by atoms with van der Waals surface area (Å²) in [5.41, 5.74) is 0.994. The van der Waals surface area contributed by atoms with Crippen LogP contribution in [0.2, 0.25) is 0 Å². The molecule has 0 radical (unpaired) electrons. The number of carbonyl (C=O) groups is 1. The minimum Gasteiger partial charge on any atom is -0.490 e. The van der Waals surface area contributed by atoms with E-state index in [4.69, 9.17) is 9.47 Å². The van der Waals surface area contributed by atoms with Crippen LogP contribution in [0, 0.1) is 11.8 Å². The first-order valence-electron chi connectivity index (χ1n) is 7.58. The van der Waals surface area contributed by atoms with Crippen LogP contribution in [0.3, 0.4) is 0 Å². The van der Waals surface area contributed by atoms with Gasteiger partial charge in [-0.1, -0.05) is 43.5 Å². The van der Waals surface area contributed by atoms with Gasteiger partial charge in [-0.25, -0.2) is 0 Å². The number of rotatable bonds is 8. The molecular formula is C19H24O3. The van der Waals surface area contributed by atoms with E-state index < -0.39 is 0 Å². The zero-order valence-electron chi connectivity index (χ0n) is 13.6. The second-order valence-corrected chi connectivity index (χ2v) is 4.87. The lowest BCUT2D eigenvalue weighted by atomic mass is 9.96. The molecule has 22 heavy (non-hydrogen) atoms. The molecule has 0 aliphatic rings. The molecule has 0 saturated carbocycles. The fraction of sp³-hybridized carbons (Fsp3) is 0.421. The Kier molecular flexibility index (Phi) is 8.52. The maximum Gasteiger partial charge on any atom is 0.307 e. The van der Waals surface area contributed by atoms with Crippen molar-refractivity contribution in [2.45, 2.75) is 39.0 Å². The first-order chi connectivity index (χ1) is 10.7. The average molecular weight is 300 g/mol. The van der Waals surface area contributed by atoms with Crippen molar-refractivity contribution in [3.63, 3.8) is 0 Å². The Hall–Kier alpha value is -2.21. The number of unbranched alkanes of at least 4 members (excludes halogenated alkanes) is 1. The molecule has 0 unspecified atom stereocenters.